The van der Waals surface area contributed by atoms with Gasteiger partial charge in [0.2, 0.25) is 11.8 Å². The fourth-order valence-electron chi connectivity index (χ4n) is 3.56. The lowest BCUT2D eigenvalue weighted by Gasteiger charge is -2.45. The number of imide groups is 2. The van der Waals surface area contributed by atoms with E-state index in [4.69, 9.17) is 4.74 Å². The third kappa shape index (κ3) is 2.08. The molecular formula is C15H22N2O4. The number of carbonyl (C=O) groups is 3. The molecule has 116 valence electrons. The van der Waals surface area contributed by atoms with Gasteiger partial charge in [-0.1, -0.05) is 13.8 Å². The SMILES string of the molecule is CCC1(CC)CC(N2C(=O)NC(=O)C3(CC3)C2=O)CCO1. The number of barbiturate groups is 1. The minimum Gasteiger partial charge on any atom is -0.375 e. The van der Waals surface area contributed by atoms with Crippen LogP contribution >= 0.6 is 0 Å². The Hall–Kier alpha value is -1.43. The third-order valence-corrected chi connectivity index (χ3v) is 5.37. The molecule has 0 aromatic rings. The second-order valence-corrected chi connectivity index (χ2v) is 6.40. The standard InChI is InChI=1S/C15H22N2O4/c1-3-14(4-2)9-10(5-8-21-14)17-12(19)15(6-7-15)11(18)16-13(17)20/h10H,3-9H2,1-2H3,(H,16,18,20). The van der Waals surface area contributed by atoms with E-state index in [9.17, 15) is 14.4 Å². The number of amides is 4. The number of urea groups is 1. The van der Waals surface area contributed by atoms with Crippen LogP contribution in [0.15, 0.2) is 0 Å². The van der Waals surface area contributed by atoms with Gasteiger partial charge in [0, 0.05) is 12.6 Å². The smallest absolute Gasteiger partial charge is 0.331 e. The van der Waals surface area contributed by atoms with Gasteiger partial charge in [0.1, 0.15) is 5.41 Å². The molecular weight excluding hydrogens is 272 g/mol. The number of hydrogen-bond donors (Lipinski definition) is 1. The molecule has 1 saturated carbocycles. The van der Waals surface area contributed by atoms with E-state index >= 15 is 0 Å². The summed E-state index contributed by atoms with van der Waals surface area (Å²) >= 11 is 0. The molecule has 0 radical (unpaired) electrons. The highest BCUT2D eigenvalue weighted by Gasteiger charge is 2.63. The zero-order valence-corrected chi connectivity index (χ0v) is 12.6. The summed E-state index contributed by atoms with van der Waals surface area (Å²) in [6.07, 6.45) is 4.12. The number of carbonyl (C=O) groups excluding carboxylic acids is 3. The van der Waals surface area contributed by atoms with E-state index in [0.29, 0.717) is 32.3 Å². The van der Waals surface area contributed by atoms with Gasteiger partial charge in [0.15, 0.2) is 0 Å². The summed E-state index contributed by atoms with van der Waals surface area (Å²) in [4.78, 5) is 37.9. The largest absolute Gasteiger partial charge is 0.375 e. The van der Waals surface area contributed by atoms with Crippen LogP contribution in [-0.4, -0.2) is 41.0 Å². The first-order valence-electron chi connectivity index (χ1n) is 7.81. The Kier molecular flexibility index (Phi) is 3.31. The second kappa shape index (κ2) is 4.80. The van der Waals surface area contributed by atoms with Crippen molar-refractivity contribution >= 4 is 17.8 Å². The highest BCUT2D eigenvalue weighted by atomic mass is 16.5. The van der Waals surface area contributed by atoms with Crippen molar-refractivity contribution in [2.24, 2.45) is 5.41 Å². The maximum Gasteiger partial charge on any atom is 0.331 e. The number of rotatable bonds is 3. The summed E-state index contributed by atoms with van der Waals surface area (Å²) in [6.45, 7) is 4.68. The molecule has 3 aliphatic rings. The molecule has 1 atom stereocenters. The number of nitrogens with one attached hydrogen (secondary N) is 1. The Morgan fingerprint density at radius 1 is 1.24 bits per heavy atom. The molecule has 2 saturated heterocycles. The van der Waals surface area contributed by atoms with Crippen molar-refractivity contribution in [3.63, 3.8) is 0 Å². The molecule has 21 heavy (non-hydrogen) atoms. The highest BCUT2D eigenvalue weighted by Crippen LogP contribution is 2.50. The van der Waals surface area contributed by atoms with E-state index in [1.54, 1.807) is 0 Å². The van der Waals surface area contributed by atoms with Gasteiger partial charge in [0.25, 0.3) is 0 Å². The van der Waals surface area contributed by atoms with Crippen LogP contribution in [0.1, 0.15) is 52.4 Å². The molecule has 0 bridgehead atoms. The van der Waals surface area contributed by atoms with Crippen LogP contribution in [0.5, 0.6) is 0 Å². The van der Waals surface area contributed by atoms with Crippen molar-refractivity contribution in [2.75, 3.05) is 6.61 Å². The first kappa shape index (κ1) is 14.5. The molecule has 2 heterocycles. The van der Waals surface area contributed by atoms with Crippen LogP contribution in [0.4, 0.5) is 4.79 Å². The molecule has 1 N–H and O–H groups in total. The van der Waals surface area contributed by atoms with Crippen LogP contribution in [0.2, 0.25) is 0 Å². The lowest BCUT2D eigenvalue weighted by Crippen LogP contribution is -2.63. The van der Waals surface area contributed by atoms with Gasteiger partial charge in [-0.15, -0.1) is 0 Å². The second-order valence-electron chi connectivity index (χ2n) is 6.40. The summed E-state index contributed by atoms with van der Waals surface area (Å²) in [5.74, 6) is -0.720. The lowest BCUT2D eigenvalue weighted by molar-refractivity contribution is -0.151. The van der Waals surface area contributed by atoms with E-state index in [0.717, 1.165) is 12.8 Å². The third-order valence-electron chi connectivity index (χ3n) is 5.37. The van der Waals surface area contributed by atoms with Crippen molar-refractivity contribution in [3.05, 3.63) is 0 Å². The summed E-state index contributed by atoms with van der Waals surface area (Å²) in [7, 11) is 0. The van der Waals surface area contributed by atoms with Crippen molar-refractivity contribution < 1.29 is 19.1 Å². The average molecular weight is 294 g/mol. The zero-order valence-electron chi connectivity index (χ0n) is 12.6. The first-order valence-corrected chi connectivity index (χ1v) is 7.81. The van der Waals surface area contributed by atoms with E-state index < -0.39 is 17.4 Å². The normalized spacial score (nSPS) is 30.5. The Balaban J connectivity index is 1.84. The molecule has 1 unspecified atom stereocenters. The number of nitrogens with zero attached hydrogens (tertiary/aromatic N) is 1. The Morgan fingerprint density at radius 2 is 1.90 bits per heavy atom. The highest BCUT2D eigenvalue weighted by molar-refractivity contribution is 6.21. The van der Waals surface area contributed by atoms with Crippen molar-refractivity contribution in [1.29, 1.82) is 0 Å². The Morgan fingerprint density at radius 3 is 2.48 bits per heavy atom. The Bertz CT molecular complexity index is 494. The van der Waals surface area contributed by atoms with Gasteiger partial charge in [-0.25, -0.2) is 4.79 Å². The summed E-state index contributed by atoms with van der Waals surface area (Å²) in [5, 5.41) is 2.36. The summed E-state index contributed by atoms with van der Waals surface area (Å²) in [5.41, 5.74) is -1.21. The van der Waals surface area contributed by atoms with Gasteiger partial charge < -0.3 is 4.74 Å². The van der Waals surface area contributed by atoms with E-state index in [2.05, 4.69) is 19.2 Å². The van der Waals surface area contributed by atoms with E-state index in [1.165, 1.54) is 4.90 Å². The van der Waals surface area contributed by atoms with Crippen molar-refractivity contribution in [3.8, 4) is 0 Å². The molecule has 0 aromatic heterocycles. The van der Waals surface area contributed by atoms with Crippen LogP contribution in [-0.2, 0) is 14.3 Å². The molecule has 4 amide bonds. The van der Waals surface area contributed by atoms with E-state index in [1.807, 2.05) is 0 Å². The molecule has 0 aromatic carbocycles. The first-order chi connectivity index (χ1) is 9.98. The average Bonchev–Trinajstić information content (AvgIpc) is 3.28. The van der Waals surface area contributed by atoms with Gasteiger partial charge in [-0.05, 0) is 38.5 Å². The van der Waals surface area contributed by atoms with Gasteiger partial charge in [-0.2, -0.15) is 0 Å². The summed E-state index contributed by atoms with van der Waals surface area (Å²) < 4.78 is 5.91. The fourth-order valence-corrected chi connectivity index (χ4v) is 3.56. The monoisotopic (exact) mass is 294 g/mol. The van der Waals surface area contributed by atoms with Gasteiger partial charge in [-0.3, -0.25) is 19.8 Å². The number of ether oxygens (including phenoxy) is 1. The molecule has 1 spiro atoms. The van der Waals surface area contributed by atoms with Gasteiger partial charge >= 0.3 is 6.03 Å². The fraction of sp³-hybridized carbons (Fsp3) is 0.800. The molecule has 3 rings (SSSR count). The van der Waals surface area contributed by atoms with Crippen LogP contribution in [0.3, 0.4) is 0 Å². The Labute approximate surface area is 124 Å². The molecule has 6 nitrogen and oxygen atoms in total. The maximum absolute atomic E-state index is 12.6. The van der Waals surface area contributed by atoms with Crippen LogP contribution in [0.25, 0.3) is 0 Å². The quantitative estimate of drug-likeness (QED) is 0.802. The van der Waals surface area contributed by atoms with Crippen molar-refractivity contribution in [1.82, 2.24) is 10.2 Å². The zero-order chi connectivity index (χ0) is 15.3. The lowest BCUT2D eigenvalue weighted by atomic mass is 9.84. The van der Waals surface area contributed by atoms with Crippen LogP contribution in [0, 0.1) is 5.41 Å². The van der Waals surface area contributed by atoms with Gasteiger partial charge in [0.05, 0.1) is 5.60 Å². The molecule has 2 aliphatic heterocycles. The summed E-state index contributed by atoms with van der Waals surface area (Å²) in [6, 6.07) is -0.729. The van der Waals surface area contributed by atoms with Crippen LogP contribution < -0.4 is 5.32 Å². The molecule has 3 fully saturated rings. The molecule has 6 heteroatoms. The number of hydrogen-bond acceptors (Lipinski definition) is 4. The maximum atomic E-state index is 12.6. The minimum atomic E-state index is -0.951. The topological polar surface area (TPSA) is 75.7 Å². The molecule has 1 aliphatic carbocycles. The van der Waals surface area contributed by atoms with E-state index in [-0.39, 0.29) is 17.6 Å². The minimum absolute atomic E-state index is 0.170. The predicted molar refractivity (Wildman–Crippen MR) is 74.3 cm³/mol. The van der Waals surface area contributed by atoms with Crippen molar-refractivity contribution in [2.45, 2.75) is 64.0 Å². The predicted octanol–water partition coefficient (Wildman–Crippen LogP) is 1.58.